The highest BCUT2D eigenvalue weighted by Gasteiger charge is 2.04. The first-order valence-electron chi connectivity index (χ1n) is 4.01. The fourth-order valence-electron chi connectivity index (χ4n) is 1.01. The van der Waals surface area contributed by atoms with Gasteiger partial charge in [-0.25, -0.2) is 0 Å². The van der Waals surface area contributed by atoms with Crippen molar-refractivity contribution < 1.29 is 0 Å². The van der Waals surface area contributed by atoms with Crippen LogP contribution in [0, 0.1) is 10.8 Å². The Balaban J connectivity index is 4.98. The van der Waals surface area contributed by atoms with Crippen LogP contribution in [0.5, 0.6) is 0 Å². The zero-order valence-corrected chi connectivity index (χ0v) is 7.99. The van der Waals surface area contributed by atoms with Crippen molar-refractivity contribution >= 4 is 11.4 Å². The van der Waals surface area contributed by atoms with Crippen molar-refractivity contribution in [3.63, 3.8) is 0 Å². The van der Waals surface area contributed by atoms with E-state index in [1.807, 2.05) is 13.8 Å². The molecule has 2 nitrogen and oxygen atoms in total. The summed E-state index contributed by atoms with van der Waals surface area (Å²) in [5.74, 6) is 0. The van der Waals surface area contributed by atoms with Crippen LogP contribution < -0.4 is 0 Å². The predicted molar refractivity (Wildman–Crippen MR) is 54.3 cm³/mol. The minimum atomic E-state index is 0.432. The van der Waals surface area contributed by atoms with Gasteiger partial charge >= 0.3 is 0 Å². The van der Waals surface area contributed by atoms with Crippen LogP contribution in [0.3, 0.4) is 0 Å². The third kappa shape index (κ3) is 2.46. The normalized spacial score (nSPS) is 11.9. The average Bonchev–Trinajstić information content (AvgIpc) is 2.05. The van der Waals surface area contributed by atoms with Gasteiger partial charge in [-0.05, 0) is 37.5 Å². The molecular formula is C10H16N2. The monoisotopic (exact) mass is 164 g/mol. The molecular weight excluding hydrogens is 148 g/mol. The van der Waals surface area contributed by atoms with Gasteiger partial charge < -0.3 is 10.8 Å². The van der Waals surface area contributed by atoms with Crippen LogP contribution in [-0.2, 0) is 0 Å². The molecule has 0 bridgehead atoms. The molecule has 0 aromatic carbocycles. The second-order valence-electron chi connectivity index (χ2n) is 2.70. The average molecular weight is 164 g/mol. The summed E-state index contributed by atoms with van der Waals surface area (Å²) < 4.78 is 0. The van der Waals surface area contributed by atoms with E-state index in [0.717, 1.165) is 17.6 Å². The summed E-state index contributed by atoms with van der Waals surface area (Å²) in [7, 11) is 0. The van der Waals surface area contributed by atoms with Crippen molar-refractivity contribution in [2.24, 2.45) is 0 Å². The van der Waals surface area contributed by atoms with Crippen molar-refractivity contribution in [3.05, 3.63) is 23.8 Å². The molecule has 0 aromatic heterocycles. The Morgan fingerprint density at radius 1 is 1.33 bits per heavy atom. The van der Waals surface area contributed by atoms with Crippen LogP contribution in [-0.4, -0.2) is 11.4 Å². The van der Waals surface area contributed by atoms with E-state index < -0.39 is 0 Å². The second kappa shape index (κ2) is 4.65. The molecule has 0 amide bonds. The Hall–Kier alpha value is -1.18. The molecule has 0 aliphatic carbocycles. The Kier molecular flexibility index (Phi) is 4.19. The third-order valence-corrected chi connectivity index (χ3v) is 1.90. The van der Waals surface area contributed by atoms with Crippen molar-refractivity contribution in [2.45, 2.75) is 27.2 Å². The maximum atomic E-state index is 7.55. The molecule has 0 aliphatic rings. The van der Waals surface area contributed by atoms with Crippen LogP contribution in [0.1, 0.15) is 27.2 Å². The molecule has 0 rings (SSSR count). The largest absolute Gasteiger partial charge is 0.305 e. The molecule has 66 valence electrons. The Morgan fingerprint density at radius 3 is 2.08 bits per heavy atom. The molecule has 0 atom stereocenters. The number of nitrogens with one attached hydrogen (secondary N) is 2. The Bertz CT molecular complexity index is 247. The summed E-state index contributed by atoms with van der Waals surface area (Å²) >= 11 is 0. The van der Waals surface area contributed by atoms with E-state index in [0.29, 0.717) is 11.4 Å². The van der Waals surface area contributed by atoms with Gasteiger partial charge in [-0.2, -0.15) is 0 Å². The highest BCUT2D eigenvalue weighted by Crippen LogP contribution is 2.11. The second-order valence-corrected chi connectivity index (χ2v) is 2.70. The van der Waals surface area contributed by atoms with Crippen LogP contribution >= 0.6 is 0 Å². The van der Waals surface area contributed by atoms with Gasteiger partial charge in [0.15, 0.2) is 0 Å². The predicted octanol–water partition coefficient (Wildman–Crippen LogP) is 2.96. The van der Waals surface area contributed by atoms with Gasteiger partial charge in [-0.1, -0.05) is 13.5 Å². The lowest BCUT2D eigenvalue weighted by Crippen LogP contribution is -2.04. The summed E-state index contributed by atoms with van der Waals surface area (Å²) in [5, 5.41) is 15.0. The summed E-state index contributed by atoms with van der Waals surface area (Å²) in [6.45, 7) is 9.14. The van der Waals surface area contributed by atoms with Crippen LogP contribution in [0.15, 0.2) is 23.8 Å². The third-order valence-electron chi connectivity index (χ3n) is 1.90. The fourth-order valence-corrected chi connectivity index (χ4v) is 1.01. The number of allylic oxidation sites excluding steroid dienone is 3. The molecule has 0 aliphatic heterocycles. The quantitative estimate of drug-likeness (QED) is 0.600. The number of hydrogen-bond acceptors (Lipinski definition) is 2. The lowest BCUT2D eigenvalue weighted by molar-refractivity contribution is 1.14. The molecule has 0 heterocycles. The Morgan fingerprint density at radius 2 is 1.83 bits per heavy atom. The lowest BCUT2D eigenvalue weighted by atomic mass is 9.99. The Labute approximate surface area is 74.0 Å². The van der Waals surface area contributed by atoms with E-state index in [9.17, 15) is 0 Å². The van der Waals surface area contributed by atoms with Gasteiger partial charge in [0.2, 0.25) is 0 Å². The summed E-state index contributed by atoms with van der Waals surface area (Å²) in [6.07, 6.45) is 2.30. The topological polar surface area (TPSA) is 47.7 Å². The van der Waals surface area contributed by atoms with E-state index in [4.69, 9.17) is 10.8 Å². The van der Waals surface area contributed by atoms with Gasteiger partial charge in [0, 0.05) is 5.71 Å². The van der Waals surface area contributed by atoms with Crippen LogP contribution in [0.25, 0.3) is 0 Å². The van der Waals surface area contributed by atoms with Crippen molar-refractivity contribution in [1.82, 2.24) is 0 Å². The zero-order chi connectivity index (χ0) is 9.72. The summed E-state index contributed by atoms with van der Waals surface area (Å²) in [4.78, 5) is 0. The van der Waals surface area contributed by atoms with E-state index in [1.165, 1.54) is 6.08 Å². The zero-order valence-electron chi connectivity index (χ0n) is 7.99. The first-order chi connectivity index (χ1) is 5.54. The lowest BCUT2D eigenvalue weighted by Gasteiger charge is -2.07. The molecule has 2 heteroatoms. The molecule has 2 N–H and O–H groups in total. The number of rotatable bonds is 4. The van der Waals surface area contributed by atoms with E-state index in [1.54, 1.807) is 6.92 Å². The minimum absolute atomic E-state index is 0.432. The van der Waals surface area contributed by atoms with Gasteiger partial charge in [0.1, 0.15) is 0 Å². The first-order valence-corrected chi connectivity index (χ1v) is 4.01. The SMILES string of the molecule is C=CC(=N)/C(CC)=C(/C)C(C)=N. The van der Waals surface area contributed by atoms with Crippen LogP contribution in [0.4, 0.5) is 0 Å². The molecule has 0 unspecified atom stereocenters. The van der Waals surface area contributed by atoms with Crippen LogP contribution in [0.2, 0.25) is 0 Å². The first kappa shape index (κ1) is 10.8. The van der Waals surface area contributed by atoms with Gasteiger partial charge in [-0.15, -0.1) is 0 Å². The maximum absolute atomic E-state index is 7.55. The maximum Gasteiger partial charge on any atom is 0.0569 e. The molecule has 0 saturated carbocycles. The molecule has 0 radical (unpaired) electrons. The molecule has 0 saturated heterocycles. The molecule has 0 aromatic rings. The smallest absolute Gasteiger partial charge is 0.0569 e. The highest BCUT2D eigenvalue weighted by molar-refractivity contribution is 6.11. The molecule has 12 heavy (non-hydrogen) atoms. The fraction of sp³-hybridized carbons (Fsp3) is 0.400. The van der Waals surface area contributed by atoms with Gasteiger partial charge in [0.05, 0.1) is 5.71 Å². The number of hydrogen-bond donors (Lipinski definition) is 2. The summed E-state index contributed by atoms with van der Waals surface area (Å²) in [6, 6.07) is 0. The van der Waals surface area contributed by atoms with Crippen molar-refractivity contribution in [1.29, 1.82) is 10.8 Å². The van der Waals surface area contributed by atoms with Gasteiger partial charge in [0.25, 0.3) is 0 Å². The molecule has 0 spiro atoms. The highest BCUT2D eigenvalue weighted by atomic mass is 14.4. The van der Waals surface area contributed by atoms with Crippen molar-refractivity contribution in [3.8, 4) is 0 Å². The standard InChI is InChI=1S/C10H16N2/c1-5-9(10(12)6-2)7(3)8(4)11/h6,11-12H,2,5H2,1,3-4H3/b9-7-,11-8?,12-10?. The minimum Gasteiger partial charge on any atom is -0.305 e. The van der Waals surface area contributed by atoms with E-state index in [2.05, 4.69) is 6.58 Å². The van der Waals surface area contributed by atoms with E-state index >= 15 is 0 Å². The van der Waals surface area contributed by atoms with Crippen molar-refractivity contribution in [2.75, 3.05) is 0 Å². The molecule has 0 fully saturated rings. The van der Waals surface area contributed by atoms with E-state index in [-0.39, 0.29) is 0 Å². The van der Waals surface area contributed by atoms with Gasteiger partial charge in [-0.3, -0.25) is 0 Å². The summed E-state index contributed by atoms with van der Waals surface area (Å²) in [5.41, 5.74) is 2.76.